The van der Waals surface area contributed by atoms with Crippen molar-refractivity contribution in [3.05, 3.63) is 0 Å². The van der Waals surface area contributed by atoms with Crippen LogP contribution >= 0.6 is 0 Å². The van der Waals surface area contributed by atoms with E-state index in [0.717, 1.165) is 30.0 Å². The molecule has 0 aromatic rings. The SMILES string of the molecule is C1CCC(NC2CC(CC3CC3)CN(C3CCCC3)C2)CC1. The molecule has 22 heavy (non-hydrogen) atoms. The van der Waals surface area contributed by atoms with Gasteiger partial charge in [0.2, 0.25) is 0 Å². The lowest BCUT2D eigenvalue weighted by molar-refractivity contribution is 0.0864. The number of hydrogen-bond acceptors (Lipinski definition) is 2. The summed E-state index contributed by atoms with van der Waals surface area (Å²) >= 11 is 0. The van der Waals surface area contributed by atoms with Crippen LogP contribution in [0.1, 0.15) is 83.5 Å². The fourth-order valence-corrected chi connectivity index (χ4v) is 5.53. The maximum atomic E-state index is 4.09. The van der Waals surface area contributed by atoms with Gasteiger partial charge in [-0.25, -0.2) is 0 Å². The summed E-state index contributed by atoms with van der Waals surface area (Å²) in [4.78, 5) is 2.91. The number of nitrogens with one attached hydrogen (secondary N) is 1. The third kappa shape index (κ3) is 4.06. The van der Waals surface area contributed by atoms with Gasteiger partial charge in [-0.1, -0.05) is 44.9 Å². The molecule has 3 aliphatic carbocycles. The van der Waals surface area contributed by atoms with Gasteiger partial charge in [0.1, 0.15) is 0 Å². The predicted octanol–water partition coefficient (Wildman–Crippen LogP) is 4.34. The van der Waals surface area contributed by atoms with Gasteiger partial charge in [0.25, 0.3) is 0 Å². The fourth-order valence-electron chi connectivity index (χ4n) is 5.53. The molecule has 126 valence electrons. The molecule has 2 heteroatoms. The fraction of sp³-hybridized carbons (Fsp3) is 1.00. The lowest BCUT2D eigenvalue weighted by Crippen LogP contribution is -2.54. The molecule has 4 rings (SSSR count). The van der Waals surface area contributed by atoms with Gasteiger partial charge in [-0.15, -0.1) is 0 Å². The number of rotatable bonds is 5. The van der Waals surface area contributed by atoms with E-state index in [2.05, 4.69) is 10.2 Å². The molecule has 4 fully saturated rings. The summed E-state index contributed by atoms with van der Waals surface area (Å²) < 4.78 is 0. The minimum absolute atomic E-state index is 0.793. The largest absolute Gasteiger partial charge is 0.310 e. The molecular formula is C20H36N2. The van der Waals surface area contributed by atoms with E-state index in [0.29, 0.717) is 0 Å². The van der Waals surface area contributed by atoms with Crippen LogP contribution in [0.15, 0.2) is 0 Å². The number of hydrogen-bond donors (Lipinski definition) is 1. The zero-order chi connectivity index (χ0) is 14.8. The molecule has 4 aliphatic rings. The van der Waals surface area contributed by atoms with E-state index in [1.165, 1.54) is 96.6 Å². The van der Waals surface area contributed by atoms with Crippen LogP contribution in [0.2, 0.25) is 0 Å². The highest BCUT2D eigenvalue weighted by molar-refractivity contribution is 4.92. The maximum absolute atomic E-state index is 4.09. The molecule has 2 atom stereocenters. The number of piperidine rings is 1. The summed E-state index contributed by atoms with van der Waals surface area (Å²) in [5.74, 6) is 2.09. The van der Waals surface area contributed by atoms with Crippen molar-refractivity contribution in [3.63, 3.8) is 0 Å². The van der Waals surface area contributed by atoms with E-state index in [9.17, 15) is 0 Å². The van der Waals surface area contributed by atoms with Crippen LogP contribution in [-0.2, 0) is 0 Å². The first kappa shape index (κ1) is 15.4. The normalized spacial score (nSPS) is 36.0. The van der Waals surface area contributed by atoms with Crippen molar-refractivity contribution in [3.8, 4) is 0 Å². The molecule has 1 aliphatic heterocycles. The number of nitrogens with zero attached hydrogens (tertiary/aromatic N) is 1. The summed E-state index contributed by atoms with van der Waals surface area (Å²) in [5.41, 5.74) is 0. The molecule has 1 saturated heterocycles. The van der Waals surface area contributed by atoms with Gasteiger partial charge in [0, 0.05) is 31.2 Å². The topological polar surface area (TPSA) is 15.3 Å². The molecule has 0 radical (unpaired) electrons. The molecule has 2 unspecified atom stereocenters. The second-order valence-corrected chi connectivity index (χ2v) is 8.87. The van der Waals surface area contributed by atoms with Crippen LogP contribution in [0.25, 0.3) is 0 Å². The summed E-state index contributed by atoms with van der Waals surface area (Å²) in [6.07, 6.45) is 19.2. The summed E-state index contributed by atoms with van der Waals surface area (Å²) in [6.45, 7) is 2.77. The van der Waals surface area contributed by atoms with Crippen LogP contribution in [0.3, 0.4) is 0 Å². The zero-order valence-corrected chi connectivity index (χ0v) is 14.4. The summed E-state index contributed by atoms with van der Waals surface area (Å²) in [6, 6.07) is 2.56. The van der Waals surface area contributed by atoms with Crippen LogP contribution in [0.5, 0.6) is 0 Å². The van der Waals surface area contributed by atoms with E-state index in [4.69, 9.17) is 0 Å². The quantitative estimate of drug-likeness (QED) is 0.812. The third-order valence-electron chi connectivity index (χ3n) is 6.85. The highest BCUT2D eigenvalue weighted by Gasteiger charge is 2.35. The van der Waals surface area contributed by atoms with Gasteiger partial charge in [-0.05, 0) is 50.4 Å². The molecule has 0 aromatic carbocycles. The van der Waals surface area contributed by atoms with Gasteiger partial charge in [-0.3, -0.25) is 4.90 Å². The first-order valence-corrected chi connectivity index (χ1v) is 10.4. The average Bonchev–Trinajstić information content (AvgIpc) is 3.17. The standard InChI is InChI=1S/C20H36N2/c1-2-6-18(7-3-1)21-19-13-17(12-16-10-11-16)14-22(15-19)20-8-4-5-9-20/h16-21H,1-15H2. The van der Waals surface area contributed by atoms with Crippen LogP contribution in [0, 0.1) is 11.8 Å². The highest BCUT2D eigenvalue weighted by Crippen LogP contribution is 2.39. The molecule has 0 bridgehead atoms. The molecule has 1 N–H and O–H groups in total. The summed E-state index contributed by atoms with van der Waals surface area (Å²) in [5, 5.41) is 4.09. The van der Waals surface area contributed by atoms with Crippen molar-refractivity contribution >= 4 is 0 Å². The van der Waals surface area contributed by atoms with Crippen LogP contribution in [0.4, 0.5) is 0 Å². The van der Waals surface area contributed by atoms with Crippen LogP contribution in [-0.4, -0.2) is 36.1 Å². The summed E-state index contributed by atoms with van der Waals surface area (Å²) in [7, 11) is 0. The lowest BCUT2D eigenvalue weighted by Gasteiger charge is -2.43. The van der Waals surface area contributed by atoms with Gasteiger partial charge in [-0.2, -0.15) is 0 Å². The zero-order valence-electron chi connectivity index (χ0n) is 14.4. The third-order valence-corrected chi connectivity index (χ3v) is 6.85. The second-order valence-electron chi connectivity index (χ2n) is 8.87. The maximum Gasteiger partial charge on any atom is 0.0200 e. The smallest absolute Gasteiger partial charge is 0.0200 e. The Morgan fingerprint density at radius 1 is 0.682 bits per heavy atom. The first-order valence-electron chi connectivity index (χ1n) is 10.4. The van der Waals surface area contributed by atoms with Crippen molar-refractivity contribution < 1.29 is 0 Å². The minimum Gasteiger partial charge on any atom is -0.310 e. The Balaban J connectivity index is 1.35. The van der Waals surface area contributed by atoms with Gasteiger partial charge in [0.15, 0.2) is 0 Å². The van der Waals surface area contributed by atoms with Crippen molar-refractivity contribution in [1.29, 1.82) is 0 Å². The van der Waals surface area contributed by atoms with Gasteiger partial charge < -0.3 is 5.32 Å². The Hall–Kier alpha value is -0.0800. The van der Waals surface area contributed by atoms with Gasteiger partial charge >= 0.3 is 0 Å². The Bertz CT molecular complexity index is 340. The Morgan fingerprint density at radius 3 is 2.14 bits per heavy atom. The molecule has 3 saturated carbocycles. The van der Waals surface area contributed by atoms with Crippen molar-refractivity contribution in [1.82, 2.24) is 10.2 Å². The lowest BCUT2D eigenvalue weighted by atomic mass is 9.87. The van der Waals surface area contributed by atoms with Crippen molar-refractivity contribution in [2.24, 2.45) is 11.8 Å². The second kappa shape index (κ2) is 7.21. The molecule has 2 nitrogen and oxygen atoms in total. The van der Waals surface area contributed by atoms with E-state index >= 15 is 0 Å². The molecule has 1 heterocycles. The Morgan fingerprint density at radius 2 is 1.41 bits per heavy atom. The number of likely N-dealkylation sites (tertiary alicyclic amines) is 1. The van der Waals surface area contributed by atoms with Crippen molar-refractivity contribution in [2.75, 3.05) is 13.1 Å². The minimum atomic E-state index is 0.793. The first-order chi connectivity index (χ1) is 10.9. The van der Waals surface area contributed by atoms with E-state index in [-0.39, 0.29) is 0 Å². The van der Waals surface area contributed by atoms with E-state index < -0.39 is 0 Å². The Kier molecular flexibility index (Phi) is 5.07. The average molecular weight is 305 g/mol. The highest BCUT2D eigenvalue weighted by atomic mass is 15.2. The molecule has 0 spiro atoms. The van der Waals surface area contributed by atoms with Gasteiger partial charge in [0.05, 0.1) is 0 Å². The van der Waals surface area contributed by atoms with Crippen LogP contribution < -0.4 is 5.32 Å². The Labute approximate surface area is 137 Å². The molecule has 0 aromatic heterocycles. The molecular weight excluding hydrogens is 268 g/mol. The monoisotopic (exact) mass is 304 g/mol. The predicted molar refractivity (Wildman–Crippen MR) is 93.1 cm³/mol. The molecule has 0 amide bonds. The van der Waals surface area contributed by atoms with Crippen molar-refractivity contribution in [2.45, 2.75) is 102 Å². The van der Waals surface area contributed by atoms with E-state index in [1.54, 1.807) is 0 Å². The van der Waals surface area contributed by atoms with E-state index in [1.807, 2.05) is 0 Å².